The number of rotatable bonds is 4. The molecule has 2 heterocycles. The fourth-order valence-corrected chi connectivity index (χ4v) is 6.97. The second-order valence-electron chi connectivity index (χ2n) is 12.8. The van der Waals surface area contributed by atoms with Gasteiger partial charge in [-0.05, 0) is 73.1 Å². The van der Waals surface area contributed by atoms with E-state index in [0.717, 1.165) is 55.7 Å². The summed E-state index contributed by atoms with van der Waals surface area (Å²) in [5, 5.41) is 0. The van der Waals surface area contributed by atoms with Crippen LogP contribution in [0.5, 0.6) is 0 Å². The van der Waals surface area contributed by atoms with Crippen LogP contribution in [-0.4, -0.2) is 28.3 Å². The number of benzene rings is 5. The molecular weight excluding hydrogens is 539 g/mol. The van der Waals surface area contributed by atoms with E-state index in [0.29, 0.717) is 0 Å². The lowest BCUT2D eigenvalue weighted by molar-refractivity contribution is 0.00578. The molecule has 1 aliphatic carbocycles. The maximum atomic E-state index is 6.67. The largest absolute Gasteiger partial charge is 0.495 e. The van der Waals surface area contributed by atoms with Gasteiger partial charge in [0.25, 0.3) is 0 Å². The summed E-state index contributed by atoms with van der Waals surface area (Å²) < 4.78 is 13.3. The Hall–Kier alpha value is -4.58. The van der Waals surface area contributed by atoms with Gasteiger partial charge in [-0.3, -0.25) is 0 Å². The lowest BCUT2D eigenvalue weighted by Crippen LogP contribution is -2.41. The summed E-state index contributed by atoms with van der Waals surface area (Å²) >= 11 is 0. The highest BCUT2D eigenvalue weighted by atomic mass is 16.7. The third-order valence-corrected chi connectivity index (χ3v) is 9.79. The van der Waals surface area contributed by atoms with E-state index in [-0.39, 0.29) is 0 Å². The molecule has 4 nitrogen and oxygen atoms in total. The summed E-state index contributed by atoms with van der Waals surface area (Å²) in [6.07, 6.45) is 0. The van der Waals surface area contributed by atoms with Crippen LogP contribution in [0.25, 0.3) is 33.4 Å². The van der Waals surface area contributed by atoms with E-state index >= 15 is 0 Å². The highest BCUT2D eigenvalue weighted by Crippen LogP contribution is 2.57. The third-order valence-electron chi connectivity index (χ3n) is 9.79. The average molecular weight is 573 g/mol. The van der Waals surface area contributed by atoms with Gasteiger partial charge in [-0.2, -0.15) is 0 Å². The van der Waals surface area contributed by atoms with Crippen molar-refractivity contribution < 1.29 is 9.31 Å². The van der Waals surface area contributed by atoms with Crippen LogP contribution in [0.4, 0.5) is 0 Å². The Morgan fingerprint density at radius 2 is 1.11 bits per heavy atom. The van der Waals surface area contributed by atoms with Gasteiger partial charge in [0.1, 0.15) is 0 Å². The Morgan fingerprint density at radius 3 is 1.82 bits per heavy atom. The van der Waals surface area contributed by atoms with Gasteiger partial charge in [-0.15, -0.1) is 0 Å². The molecular formula is C39H33BN2O2. The molecule has 0 spiro atoms. The van der Waals surface area contributed by atoms with E-state index in [1.807, 2.05) is 24.3 Å². The van der Waals surface area contributed by atoms with Crippen molar-refractivity contribution >= 4 is 23.6 Å². The first kappa shape index (κ1) is 27.0. The van der Waals surface area contributed by atoms with Gasteiger partial charge in [0.05, 0.1) is 39.0 Å². The van der Waals surface area contributed by atoms with Crippen LogP contribution in [0.1, 0.15) is 50.1 Å². The average Bonchev–Trinajstić information content (AvgIpc) is 3.47. The fraction of sp³-hybridized carbons (Fsp3) is 0.179. The predicted molar refractivity (Wildman–Crippen MR) is 178 cm³/mol. The van der Waals surface area contributed by atoms with Crippen LogP contribution < -0.4 is 5.46 Å². The molecule has 44 heavy (non-hydrogen) atoms. The topological polar surface area (TPSA) is 44.2 Å². The van der Waals surface area contributed by atoms with Crippen molar-refractivity contribution in [3.63, 3.8) is 0 Å². The van der Waals surface area contributed by atoms with Crippen molar-refractivity contribution in [1.82, 2.24) is 9.97 Å². The molecule has 0 amide bonds. The first-order valence-corrected chi connectivity index (χ1v) is 15.3. The van der Waals surface area contributed by atoms with Crippen LogP contribution in [0.15, 0.2) is 127 Å². The normalized spacial score (nSPS) is 19.6. The Balaban J connectivity index is 1.51. The van der Waals surface area contributed by atoms with Crippen molar-refractivity contribution in [3.8, 4) is 22.4 Å². The van der Waals surface area contributed by atoms with Gasteiger partial charge in [-0.1, -0.05) is 115 Å². The molecule has 0 saturated carbocycles. The standard InChI is InChI=1S/C39H33BN2O2/c1-37(2)38(3,4)44-40(43-37)31-23-15-22-30-34(31)28-20-11-12-21-29(28)39(30,27-18-9-6-10-19-27)36-35(26-16-7-5-8-17-26)41-32-24-13-14-25-33(32)42-36/h5-25H,1-4H3. The van der Waals surface area contributed by atoms with Crippen molar-refractivity contribution in [2.24, 2.45) is 0 Å². The molecule has 1 fully saturated rings. The minimum absolute atomic E-state index is 0.459. The van der Waals surface area contributed by atoms with Gasteiger partial charge in [0.15, 0.2) is 0 Å². The van der Waals surface area contributed by atoms with Gasteiger partial charge in [-0.25, -0.2) is 9.97 Å². The number of nitrogens with zero attached hydrogens (tertiary/aromatic N) is 2. The Labute approximate surface area is 258 Å². The molecule has 1 aliphatic heterocycles. The highest BCUT2D eigenvalue weighted by Gasteiger charge is 2.55. The van der Waals surface area contributed by atoms with E-state index in [1.165, 1.54) is 5.56 Å². The highest BCUT2D eigenvalue weighted by molar-refractivity contribution is 6.64. The van der Waals surface area contributed by atoms with Crippen molar-refractivity contribution in [1.29, 1.82) is 0 Å². The third kappa shape index (κ3) is 3.79. The first-order chi connectivity index (χ1) is 21.3. The van der Waals surface area contributed by atoms with Crippen LogP contribution in [0.2, 0.25) is 0 Å². The smallest absolute Gasteiger partial charge is 0.399 e. The fourth-order valence-electron chi connectivity index (χ4n) is 6.97. The summed E-state index contributed by atoms with van der Waals surface area (Å²) in [4.78, 5) is 10.9. The molecule has 1 saturated heterocycles. The molecule has 6 aromatic rings. The van der Waals surface area contributed by atoms with Gasteiger partial charge in [0, 0.05) is 5.56 Å². The molecule has 1 aromatic heterocycles. The summed E-state index contributed by atoms with van der Waals surface area (Å²) in [5.41, 5.74) is 9.68. The van der Waals surface area contributed by atoms with Crippen molar-refractivity contribution in [2.75, 3.05) is 0 Å². The molecule has 0 radical (unpaired) electrons. The maximum Gasteiger partial charge on any atom is 0.495 e. The molecule has 214 valence electrons. The van der Waals surface area contributed by atoms with E-state index in [2.05, 4.69) is 131 Å². The summed E-state index contributed by atoms with van der Waals surface area (Å²) in [6, 6.07) is 44.6. The molecule has 0 bridgehead atoms. The lowest BCUT2D eigenvalue weighted by atomic mass is 9.67. The first-order valence-electron chi connectivity index (χ1n) is 15.3. The SMILES string of the molecule is CC1(C)OB(c2cccc3c2-c2ccccc2C3(c2ccccc2)c2nc3ccccc3nc2-c2ccccc2)OC1(C)C. The lowest BCUT2D eigenvalue weighted by Gasteiger charge is -2.34. The molecule has 1 unspecified atom stereocenters. The minimum atomic E-state index is -0.741. The second kappa shape index (κ2) is 9.72. The van der Waals surface area contributed by atoms with E-state index in [9.17, 15) is 0 Å². The van der Waals surface area contributed by atoms with E-state index < -0.39 is 23.7 Å². The maximum absolute atomic E-state index is 6.67. The molecule has 1 atom stereocenters. The number of para-hydroxylation sites is 2. The molecule has 0 N–H and O–H groups in total. The molecule has 5 heteroatoms. The van der Waals surface area contributed by atoms with Crippen molar-refractivity contribution in [3.05, 3.63) is 150 Å². The van der Waals surface area contributed by atoms with Crippen LogP contribution in [0.3, 0.4) is 0 Å². The zero-order chi connectivity index (χ0) is 30.1. The summed E-state index contributed by atoms with van der Waals surface area (Å²) in [5.74, 6) is 0. The summed E-state index contributed by atoms with van der Waals surface area (Å²) in [6.45, 7) is 8.43. The second-order valence-corrected chi connectivity index (χ2v) is 12.8. The van der Waals surface area contributed by atoms with E-state index in [1.54, 1.807) is 0 Å². The number of fused-ring (bicyclic) bond motifs is 4. The Morgan fingerprint density at radius 1 is 0.545 bits per heavy atom. The number of hydrogen-bond donors (Lipinski definition) is 0. The van der Waals surface area contributed by atoms with Gasteiger partial charge in [0.2, 0.25) is 0 Å². The zero-order valence-electron chi connectivity index (χ0n) is 25.4. The zero-order valence-corrected chi connectivity index (χ0v) is 25.4. The Kier molecular flexibility index (Phi) is 5.96. The number of aromatic nitrogens is 2. The monoisotopic (exact) mass is 572 g/mol. The molecule has 5 aromatic carbocycles. The van der Waals surface area contributed by atoms with Crippen LogP contribution in [0, 0.1) is 0 Å². The molecule has 8 rings (SSSR count). The minimum Gasteiger partial charge on any atom is -0.399 e. The van der Waals surface area contributed by atoms with E-state index in [4.69, 9.17) is 19.3 Å². The van der Waals surface area contributed by atoms with Crippen LogP contribution in [-0.2, 0) is 14.7 Å². The van der Waals surface area contributed by atoms with Crippen LogP contribution >= 0.6 is 0 Å². The summed E-state index contributed by atoms with van der Waals surface area (Å²) in [7, 11) is -0.508. The quantitative estimate of drug-likeness (QED) is 0.201. The van der Waals surface area contributed by atoms with Gasteiger partial charge >= 0.3 is 7.12 Å². The Bertz CT molecular complexity index is 2030. The van der Waals surface area contributed by atoms with Crippen molar-refractivity contribution in [2.45, 2.75) is 44.3 Å². The molecule has 2 aliphatic rings. The number of hydrogen-bond acceptors (Lipinski definition) is 4. The predicted octanol–water partition coefficient (Wildman–Crippen LogP) is 7.96. The van der Waals surface area contributed by atoms with Gasteiger partial charge < -0.3 is 9.31 Å².